The smallest absolute Gasteiger partial charge is 0.101 e. The molecule has 1 fully saturated rings. The van der Waals surface area contributed by atoms with Crippen LogP contribution in [-0.2, 0) is 15.7 Å². The van der Waals surface area contributed by atoms with Crippen molar-refractivity contribution < 1.29 is 4.74 Å². The van der Waals surface area contributed by atoms with Crippen LogP contribution in [-0.4, -0.2) is 35.7 Å². The van der Waals surface area contributed by atoms with Crippen LogP contribution in [0.25, 0.3) is 0 Å². The van der Waals surface area contributed by atoms with E-state index in [1.165, 1.54) is 16.7 Å². The number of benzene rings is 2. The first-order valence-electron chi connectivity index (χ1n) is 9.93. The lowest BCUT2D eigenvalue weighted by Gasteiger charge is -2.37. The van der Waals surface area contributed by atoms with Crippen LogP contribution < -0.4 is 0 Å². The molecule has 150 valence electrons. The molecule has 3 nitrogen and oxygen atoms in total. The molecule has 0 N–H and O–H groups in total. The summed E-state index contributed by atoms with van der Waals surface area (Å²) in [5, 5.41) is 1.32. The summed E-state index contributed by atoms with van der Waals surface area (Å²) in [6, 6.07) is 25.6. The summed E-state index contributed by atoms with van der Waals surface area (Å²) in [5.41, 5.74) is 3.94. The first-order valence-corrected chi connectivity index (χ1v) is 12.3. The lowest BCUT2D eigenvalue weighted by molar-refractivity contribution is -0.0320. The van der Waals surface area contributed by atoms with E-state index in [4.69, 9.17) is 4.74 Å². The third-order valence-corrected chi connectivity index (χ3v) is 7.37. The molecule has 3 aromatic rings. The number of halogens is 1. The van der Waals surface area contributed by atoms with Crippen molar-refractivity contribution >= 4 is 34.4 Å². The van der Waals surface area contributed by atoms with Gasteiger partial charge in [-0.15, -0.1) is 0 Å². The fourth-order valence-electron chi connectivity index (χ4n) is 3.65. The number of rotatable bonds is 7. The van der Waals surface area contributed by atoms with Gasteiger partial charge < -0.3 is 4.74 Å². The maximum Gasteiger partial charge on any atom is 0.101 e. The van der Waals surface area contributed by atoms with Gasteiger partial charge in [0.1, 0.15) is 5.03 Å². The Bertz CT molecular complexity index is 894. The lowest BCUT2D eigenvalue weighted by Crippen LogP contribution is -2.44. The average molecular weight is 516 g/mol. The normalized spacial score (nSPS) is 18.4. The number of ether oxygens (including phenoxy) is 1. The zero-order chi connectivity index (χ0) is 19.9. The summed E-state index contributed by atoms with van der Waals surface area (Å²) >= 11 is 4.26. The van der Waals surface area contributed by atoms with Crippen LogP contribution in [0.5, 0.6) is 0 Å². The fourth-order valence-corrected chi connectivity index (χ4v) is 5.79. The minimum atomic E-state index is 0.129. The Hall–Kier alpha value is -1.41. The van der Waals surface area contributed by atoms with Crippen molar-refractivity contribution in [2.75, 3.05) is 19.7 Å². The van der Waals surface area contributed by atoms with Crippen LogP contribution in [0.2, 0.25) is 0 Å². The summed E-state index contributed by atoms with van der Waals surface area (Å²) in [4.78, 5) is 7.20. The monoisotopic (exact) mass is 516 g/mol. The van der Waals surface area contributed by atoms with E-state index in [0.717, 1.165) is 35.7 Å². The van der Waals surface area contributed by atoms with E-state index in [2.05, 4.69) is 99.2 Å². The summed E-state index contributed by atoms with van der Waals surface area (Å²) in [7, 11) is 0. The molecule has 0 saturated carbocycles. The lowest BCUT2D eigenvalue weighted by atomic mass is 10.1. The predicted molar refractivity (Wildman–Crippen MR) is 128 cm³/mol. The third-order valence-electron chi connectivity index (χ3n) is 5.12. The Morgan fingerprint density at radius 3 is 2.55 bits per heavy atom. The standard InChI is InChI=1S/C24H25IN2OS/c25-16-21-12-7-13-26-24(21)29-23(20-10-5-2-6-11-20)22-18-27(14-15-28-22)17-19-8-3-1-4-9-19/h1-13,22-23H,14-18H2/t22-,23-/m0/s1. The number of aromatic nitrogens is 1. The van der Waals surface area contributed by atoms with Crippen molar-refractivity contribution in [2.45, 2.75) is 27.4 Å². The van der Waals surface area contributed by atoms with Gasteiger partial charge in [0.05, 0.1) is 18.0 Å². The molecule has 0 spiro atoms. The molecule has 1 aliphatic rings. The molecular formula is C24H25IN2OS. The molecule has 0 amide bonds. The van der Waals surface area contributed by atoms with Crippen LogP contribution in [0.4, 0.5) is 0 Å². The van der Waals surface area contributed by atoms with Crippen molar-refractivity contribution in [2.24, 2.45) is 0 Å². The van der Waals surface area contributed by atoms with Crippen molar-refractivity contribution in [1.82, 2.24) is 9.88 Å². The first kappa shape index (κ1) is 20.8. The van der Waals surface area contributed by atoms with Gasteiger partial charge in [-0.2, -0.15) is 0 Å². The fraction of sp³-hybridized carbons (Fsp3) is 0.292. The van der Waals surface area contributed by atoms with E-state index in [0.29, 0.717) is 0 Å². The molecule has 2 atom stereocenters. The molecular weight excluding hydrogens is 491 g/mol. The zero-order valence-electron chi connectivity index (χ0n) is 16.3. The van der Waals surface area contributed by atoms with Gasteiger partial charge in [-0.3, -0.25) is 4.90 Å². The van der Waals surface area contributed by atoms with E-state index < -0.39 is 0 Å². The van der Waals surface area contributed by atoms with Crippen LogP contribution >= 0.6 is 34.4 Å². The van der Waals surface area contributed by atoms with Gasteiger partial charge in [-0.05, 0) is 22.8 Å². The molecule has 2 aromatic carbocycles. The summed E-state index contributed by atoms with van der Waals surface area (Å²) in [6.45, 7) is 3.63. The second kappa shape index (κ2) is 10.6. The van der Waals surface area contributed by atoms with Crippen molar-refractivity contribution in [3.8, 4) is 0 Å². The molecule has 4 rings (SSSR count). The largest absolute Gasteiger partial charge is 0.374 e. The quantitative estimate of drug-likeness (QED) is 0.227. The Kier molecular flexibility index (Phi) is 7.60. The Morgan fingerprint density at radius 1 is 1.03 bits per heavy atom. The summed E-state index contributed by atoms with van der Waals surface area (Å²) in [6.07, 6.45) is 2.02. The second-order valence-electron chi connectivity index (χ2n) is 7.18. The van der Waals surface area contributed by atoms with Gasteiger partial charge in [0.15, 0.2) is 0 Å². The van der Waals surface area contributed by atoms with Crippen molar-refractivity contribution in [1.29, 1.82) is 0 Å². The van der Waals surface area contributed by atoms with Crippen LogP contribution in [0.3, 0.4) is 0 Å². The van der Waals surface area contributed by atoms with Gasteiger partial charge in [-0.25, -0.2) is 4.98 Å². The van der Waals surface area contributed by atoms with E-state index in [-0.39, 0.29) is 11.4 Å². The number of morpholine rings is 1. The van der Waals surface area contributed by atoms with Crippen LogP contribution in [0, 0.1) is 0 Å². The molecule has 1 saturated heterocycles. The van der Waals surface area contributed by atoms with E-state index in [9.17, 15) is 0 Å². The number of thioether (sulfide) groups is 1. The van der Waals surface area contributed by atoms with Gasteiger partial charge in [-0.1, -0.05) is 101 Å². The van der Waals surface area contributed by atoms with Crippen LogP contribution in [0.1, 0.15) is 21.9 Å². The molecule has 0 radical (unpaired) electrons. The number of pyridine rings is 1. The van der Waals surface area contributed by atoms with E-state index in [1.54, 1.807) is 0 Å². The third kappa shape index (κ3) is 5.60. The highest BCUT2D eigenvalue weighted by Crippen LogP contribution is 2.41. The second-order valence-corrected chi connectivity index (χ2v) is 9.07. The van der Waals surface area contributed by atoms with Crippen molar-refractivity contribution in [3.63, 3.8) is 0 Å². The van der Waals surface area contributed by atoms with Crippen molar-refractivity contribution in [3.05, 3.63) is 95.7 Å². The highest BCUT2D eigenvalue weighted by atomic mass is 127. The first-order chi connectivity index (χ1) is 14.3. The van der Waals surface area contributed by atoms with E-state index in [1.807, 2.05) is 24.0 Å². The molecule has 1 aromatic heterocycles. The maximum atomic E-state index is 6.32. The zero-order valence-corrected chi connectivity index (χ0v) is 19.3. The predicted octanol–water partition coefficient (Wildman–Crippen LogP) is 5.75. The number of alkyl halides is 1. The molecule has 29 heavy (non-hydrogen) atoms. The maximum absolute atomic E-state index is 6.32. The average Bonchev–Trinajstić information content (AvgIpc) is 2.79. The molecule has 5 heteroatoms. The van der Waals surface area contributed by atoms with Gasteiger partial charge in [0, 0.05) is 30.3 Å². The topological polar surface area (TPSA) is 25.4 Å². The Morgan fingerprint density at radius 2 is 1.79 bits per heavy atom. The number of hydrogen-bond donors (Lipinski definition) is 0. The summed E-state index contributed by atoms with van der Waals surface area (Å²) in [5.74, 6) is 0. The SMILES string of the molecule is ICc1cccnc1S[C@@H](c1ccccc1)[C@@H]1CN(Cc2ccccc2)CCO1. The minimum absolute atomic E-state index is 0.129. The van der Waals surface area contributed by atoms with Gasteiger partial charge >= 0.3 is 0 Å². The Balaban J connectivity index is 1.55. The molecule has 1 aliphatic heterocycles. The van der Waals surface area contributed by atoms with Gasteiger partial charge in [0.2, 0.25) is 0 Å². The molecule has 0 aliphatic carbocycles. The highest BCUT2D eigenvalue weighted by molar-refractivity contribution is 14.1. The van der Waals surface area contributed by atoms with E-state index >= 15 is 0 Å². The highest BCUT2D eigenvalue weighted by Gasteiger charge is 2.31. The number of hydrogen-bond acceptors (Lipinski definition) is 4. The van der Waals surface area contributed by atoms with Crippen LogP contribution in [0.15, 0.2) is 84.0 Å². The minimum Gasteiger partial charge on any atom is -0.374 e. The number of nitrogens with zero attached hydrogens (tertiary/aromatic N) is 2. The molecule has 0 bridgehead atoms. The molecule has 2 heterocycles. The van der Waals surface area contributed by atoms with Gasteiger partial charge in [0.25, 0.3) is 0 Å². The molecule has 0 unspecified atom stereocenters. The summed E-state index contributed by atoms with van der Waals surface area (Å²) < 4.78 is 7.28. The Labute approximate surface area is 191 Å².